The van der Waals surface area contributed by atoms with Crippen molar-refractivity contribution in [2.45, 2.75) is 60.5 Å². The number of rotatable bonds is 8. The fourth-order valence-corrected chi connectivity index (χ4v) is 2.84. The SMILES string of the molecule is CC(C)CN(Cc1nc(C(C)C)no1)c1c(N)n(CC(C)C)c(=O)[nH]c1=O. The van der Waals surface area contributed by atoms with E-state index in [0.717, 1.165) is 0 Å². The Morgan fingerprint density at radius 1 is 1.15 bits per heavy atom. The third-order valence-corrected chi connectivity index (χ3v) is 3.99. The Hall–Kier alpha value is -2.58. The molecule has 3 N–H and O–H groups in total. The molecular weight excluding hydrogens is 348 g/mol. The summed E-state index contributed by atoms with van der Waals surface area (Å²) in [6.45, 7) is 13.2. The number of hydrogen-bond acceptors (Lipinski definition) is 7. The van der Waals surface area contributed by atoms with Crippen molar-refractivity contribution in [1.82, 2.24) is 19.7 Å². The minimum absolute atomic E-state index is 0.141. The molecule has 9 nitrogen and oxygen atoms in total. The molecular formula is C18H30N6O3. The molecule has 2 aromatic rings. The number of aromatic nitrogens is 4. The number of aromatic amines is 1. The summed E-state index contributed by atoms with van der Waals surface area (Å²) in [5.41, 5.74) is 5.50. The van der Waals surface area contributed by atoms with Crippen molar-refractivity contribution < 1.29 is 4.52 Å². The summed E-state index contributed by atoms with van der Waals surface area (Å²) in [5.74, 6) is 1.76. The average Bonchev–Trinajstić information content (AvgIpc) is 2.99. The number of nitrogens with zero attached hydrogens (tertiary/aromatic N) is 4. The Bertz CT molecular complexity index is 878. The Morgan fingerprint density at radius 3 is 2.33 bits per heavy atom. The number of hydrogen-bond donors (Lipinski definition) is 2. The second-order valence-electron chi connectivity index (χ2n) is 7.97. The lowest BCUT2D eigenvalue weighted by Crippen LogP contribution is -2.40. The van der Waals surface area contributed by atoms with Gasteiger partial charge in [-0.05, 0) is 11.8 Å². The van der Waals surface area contributed by atoms with Gasteiger partial charge in [0.05, 0.1) is 6.54 Å². The Kier molecular flexibility index (Phi) is 6.45. The van der Waals surface area contributed by atoms with Crippen LogP contribution in [0.25, 0.3) is 0 Å². The zero-order chi connectivity index (χ0) is 20.3. The second kappa shape index (κ2) is 8.41. The van der Waals surface area contributed by atoms with Crippen LogP contribution in [0.15, 0.2) is 14.1 Å². The van der Waals surface area contributed by atoms with E-state index in [2.05, 4.69) is 15.1 Å². The van der Waals surface area contributed by atoms with Crippen LogP contribution in [-0.2, 0) is 13.1 Å². The first-order valence-corrected chi connectivity index (χ1v) is 9.30. The van der Waals surface area contributed by atoms with Crippen LogP contribution in [0.3, 0.4) is 0 Å². The van der Waals surface area contributed by atoms with Gasteiger partial charge in [-0.1, -0.05) is 46.7 Å². The molecule has 0 spiro atoms. The van der Waals surface area contributed by atoms with Crippen LogP contribution in [0.4, 0.5) is 11.5 Å². The average molecular weight is 378 g/mol. The van der Waals surface area contributed by atoms with E-state index >= 15 is 0 Å². The fraction of sp³-hybridized carbons (Fsp3) is 0.667. The molecule has 27 heavy (non-hydrogen) atoms. The molecule has 0 radical (unpaired) electrons. The highest BCUT2D eigenvalue weighted by Crippen LogP contribution is 2.21. The van der Waals surface area contributed by atoms with Gasteiger partial charge in [0, 0.05) is 19.0 Å². The van der Waals surface area contributed by atoms with E-state index in [-0.39, 0.29) is 35.8 Å². The van der Waals surface area contributed by atoms with Crippen molar-refractivity contribution >= 4 is 11.5 Å². The molecule has 2 heterocycles. The van der Waals surface area contributed by atoms with Crippen LogP contribution in [-0.4, -0.2) is 26.2 Å². The molecule has 0 atom stereocenters. The standard InChI is InChI=1S/C18H30N6O3/c1-10(2)7-23(9-13-20-16(12(5)6)22-27-13)14-15(19)24(8-11(3)4)18(26)21-17(14)25/h10-12H,7-9,19H2,1-6H3,(H,21,25,26). The second-order valence-corrected chi connectivity index (χ2v) is 7.97. The Morgan fingerprint density at radius 2 is 1.81 bits per heavy atom. The van der Waals surface area contributed by atoms with Crippen LogP contribution in [0, 0.1) is 11.8 Å². The van der Waals surface area contributed by atoms with Gasteiger partial charge in [-0.2, -0.15) is 4.98 Å². The van der Waals surface area contributed by atoms with Gasteiger partial charge in [-0.25, -0.2) is 4.79 Å². The van der Waals surface area contributed by atoms with E-state index in [4.69, 9.17) is 10.3 Å². The van der Waals surface area contributed by atoms with Crippen molar-refractivity contribution in [1.29, 1.82) is 0 Å². The lowest BCUT2D eigenvalue weighted by atomic mass is 10.2. The van der Waals surface area contributed by atoms with E-state index in [1.807, 2.05) is 41.5 Å². The van der Waals surface area contributed by atoms with Crippen molar-refractivity contribution in [3.05, 3.63) is 32.6 Å². The predicted octanol–water partition coefficient (Wildman–Crippen LogP) is 1.94. The summed E-state index contributed by atoms with van der Waals surface area (Å²) in [5, 5.41) is 3.97. The van der Waals surface area contributed by atoms with Gasteiger partial charge >= 0.3 is 5.69 Å². The number of nitrogens with one attached hydrogen (secondary N) is 1. The molecule has 0 saturated heterocycles. The minimum Gasteiger partial charge on any atom is -0.383 e. The molecule has 0 unspecified atom stereocenters. The molecule has 0 aliphatic carbocycles. The molecule has 9 heteroatoms. The third kappa shape index (κ3) is 4.99. The highest BCUT2D eigenvalue weighted by molar-refractivity contribution is 5.62. The van der Waals surface area contributed by atoms with E-state index in [1.54, 1.807) is 4.90 Å². The third-order valence-electron chi connectivity index (χ3n) is 3.99. The predicted molar refractivity (Wildman–Crippen MR) is 105 cm³/mol. The maximum Gasteiger partial charge on any atom is 0.330 e. The Balaban J connectivity index is 2.49. The van der Waals surface area contributed by atoms with Gasteiger partial charge in [0.25, 0.3) is 5.56 Å². The van der Waals surface area contributed by atoms with Crippen LogP contribution >= 0.6 is 0 Å². The number of nitrogen functional groups attached to an aromatic ring is 1. The van der Waals surface area contributed by atoms with Crippen molar-refractivity contribution in [2.24, 2.45) is 11.8 Å². The molecule has 0 aromatic carbocycles. The van der Waals surface area contributed by atoms with Gasteiger partial charge in [0.15, 0.2) is 5.82 Å². The normalized spacial score (nSPS) is 11.7. The van der Waals surface area contributed by atoms with Crippen LogP contribution in [0.1, 0.15) is 59.2 Å². The maximum absolute atomic E-state index is 12.6. The lowest BCUT2D eigenvalue weighted by molar-refractivity contribution is 0.367. The van der Waals surface area contributed by atoms with Crippen LogP contribution < -0.4 is 21.9 Å². The molecule has 2 aromatic heterocycles. The maximum atomic E-state index is 12.6. The number of nitrogens with two attached hydrogens (primary N) is 1. The highest BCUT2D eigenvalue weighted by atomic mass is 16.5. The molecule has 0 aliphatic rings. The van der Waals surface area contributed by atoms with Crippen LogP contribution in [0.5, 0.6) is 0 Å². The van der Waals surface area contributed by atoms with Gasteiger partial charge in [-0.3, -0.25) is 14.3 Å². The summed E-state index contributed by atoms with van der Waals surface area (Å²) in [7, 11) is 0. The van der Waals surface area contributed by atoms with Crippen molar-refractivity contribution in [3.8, 4) is 0 Å². The summed E-state index contributed by atoms with van der Waals surface area (Å²) < 4.78 is 6.74. The topological polar surface area (TPSA) is 123 Å². The zero-order valence-corrected chi connectivity index (χ0v) is 16.9. The number of anilines is 2. The molecule has 0 saturated carbocycles. The molecule has 2 rings (SSSR count). The monoisotopic (exact) mass is 378 g/mol. The zero-order valence-electron chi connectivity index (χ0n) is 16.9. The van der Waals surface area contributed by atoms with Crippen molar-refractivity contribution in [3.63, 3.8) is 0 Å². The molecule has 0 amide bonds. The fourth-order valence-electron chi connectivity index (χ4n) is 2.84. The highest BCUT2D eigenvalue weighted by Gasteiger charge is 2.22. The summed E-state index contributed by atoms with van der Waals surface area (Å²) in [4.78, 5) is 33.3. The van der Waals surface area contributed by atoms with Crippen molar-refractivity contribution in [2.75, 3.05) is 17.2 Å². The summed E-state index contributed by atoms with van der Waals surface area (Å²) in [6.07, 6.45) is 0. The Labute approximate surface area is 158 Å². The van der Waals surface area contributed by atoms with E-state index in [9.17, 15) is 9.59 Å². The quantitative estimate of drug-likeness (QED) is 0.719. The smallest absolute Gasteiger partial charge is 0.330 e. The lowest BCUT2D eigenvalue weighted by Gasteiger charge is -2.26. The van der Waals surface area contributed by atoms with Gasteiger partial charge in [0.1, 0.15) is 11.5 Å². The van der Waals surface area contributed by atoms with Gasteiger partial charge < -0.3 is 15.2 Å². The van der Waals surface area contributed by atoms with Gasteiger partial charge in [-0.15, -0.1) is 0 Å². The van der Waals surface area contributed by atoms with Gasteiger partial charge in [0.2, 0.25) is 5.89 Å². The first kappa shape index (κ1) is 20.7. The largest absolute Gasteiger partial charge is 0.383 e. The van der Waals surface area contributed by atoms with E-state index < -0.39 is 11.2 Å². The van der Waals surface area contributed by atoms with Crippen LogP contribution in [0.2, 0.25) is 0 Å². The van der Waals surface area contributed by atoms with E-state index in [1.165, 1.54) is 4.57 Å². The first-order chi connectivity index (χ1) is 12.6. The minimum atomic E-state index is -0.512. The summed E-state index contributed by atoms with van der Waals surface area (Å²) >= 11 is 0. The number of H-pyrrole nitrogens is 1. The summed E-state index contributed by atoms with van der Waals surface area (Å²) in [6, 6.07) is 0. The molecule has 0 fully saturated rings. The first-order valence-electron chi connectivity index (χ1n) is 9.30. The molecule has 150 valence electrons. The molecule has 0 aliphatic heterocycles. The molecule has 0 bridgehead atoms. The van der Waals surface area contributed by atoms with E-state index in [0.29, 0.717) is 24.8 Å².